The number of halogens is 3. The average Bonchev–Trinajstić information content (AvgIpc) is 2.18. The largest absolute Gasteiger partial charge is 0.364 e. The molecular formula is C9H12ClF2N3. The van der Waals surface area contributed by atoms with Crippen LogP contribution in [0.15, 0.2) is 12.4 Å². The first-order valence-electron chi connectivity index (χ1n) is 4.52. The molecule has 0 aliphatic carbocycles. The van der Waals surface area contributed by atoms with Crippen molar-refractivity contribution in [3.05, 3.63) is 18.1 Å². The van der Waals surface area contributed by atoms with E-state index in [1.807, 2.05) is 0 Å². The molecule has 1 aromatic rings. The van der Waals surface area contributed by atoms with Crippen molar-refractivity contribution in [1.82, 2.24) is 9.97 Å². The molecule has 84 valence electrons. The van der Waals surface area contributed by atoms with Crippen LogP contribution in [0.5, 0.6) is 0 Å². The van der Waals surface area contributed by atoms with E-state index in [-0.39, 0.29) is 22.9 Å². The van der Waals surface area contributed by atoms with Gasteiger partial charge in [0.1, 0.15) is 5.69 Å². The number of hydrogen-bond acceptors (Lipinski definition) is 3. The number of anilines is 1. The van der Waals surface area contributed by atoms with Crippen LogP contribution in [-0.2, 0) is 0 Å². The Kier molecular flexibility index (Phi) is 4.20. The summed E-state index contributed by atoms with van der Waals surface area (Å²) >= 11 is 5.81. The molecule has 0 aliphatic rings. The van der Waals surface area contributed by atoms with E-state index in [1.54, 1.807) is 13.8 Å². The molecule has 2 unspecified atom stereocenters. The molecule has 0 aromatic carbocycles. The van der Waals surface area contributed by atoms with Gasteiger partial charge in [-0.2, -0.15) is 0 Å². The zero-order valence-corrected chi connectivity index (χ0v) is 9.17. The van der Waals surface area contributed by atoms with Gasteiger partial charge in [-0.3, -0.25) is 0 Å². The van der Waals surface area contributed by atoms with E-state index >= 15 is 0 Å². The van der Waals surface area contributed by atoms with E-state index in [4.69, 9.17) is 11.6 Å². The molecule has 2 atom stereocenters. The van der Waals surface area contributed by atoms with Crippen LogP contribution < -0.4 is 5.32 Å². The van der Waals surface area contributed by atoms with Crippen LogP contribution in [0, 0.1) is 0 Å². The highest BCUT2D eigenvalue weighted by molar-refractivity contribution is 6.20. The smallest absolute Gasteiger partial charge is 0.283 e. The summed E-state index contributed by atoms with van der Waals surface area (Å²) < 4.78 is 25.0. The molecule has 0 bridgehead atoms. The second-order valence-electron chi connectivity index (χ2n) is 3.20. The zero-order chi connectivity index (χ0) is 11.4. The molecular weight excluding hydrogens is 224 g/mol. The van der Waals surface area contributed by atoms with E-state index in [0.29, 0.717) is 0 Å². The Balaban J connectivity index is 2.84. The molecule has 15 heavy (non-hydrogen) atoms. The maximum absolute atomic E-state index is 12.5. The summed E-state index contributed by atoms with van der Waals surface area (Å²) in [5, 5.41) is 2.62. The molecule has 1 heterocycles. The number of aromatic nitrogens is 2. The van der Waals surface area contributed by atoms with Crippen molar-refractivity contribution in [2.45, 2.75) is 31.7 Å². The lowest BCUT2D eigenvalue weighted by molar-refractivity contribution is 0.146. The minimum absolute atomic E-state index is 0.0903. The van der Waals surface area contributed by atoms with E-state index in [2.05, 4.69) is 15.3 Å². The molecule has 0 saturated carbocycles. The van der Waals surface area contributed by atoms with Gasteiger partial charge >= 0.3 is 0 Å². The van der Waals surface area contributed by atoms with Crippen molar-refractivity contribution < 1.29 is 8.78 Å². The van der Waals surface area contributed by atoms with Gasteiger partial charge in [0.05, 0.1) is 5.38 Å². The summed E-state index contributed by atoms with van der Waals surface area (Å²) in [6, 6.07) is -0.152. The number of nitrogens with one attached hydrogen (secondary N) is 1. The topological polar surface area (TPSA) is 37.8 Å². The molecule has 0 radical (unpaired) electrons. The van der Waals surface area contributed by atoms with E-state index in [0.717, 1.165) is 0 Å². The zero-order valence-electron chi connectivity index (χ0n) is 8.42. The molecule has 0 spiro atoms. The van der Waals surface area contributed by atoms with Crippen molar-refractivity contribution >= 4 is 17.4 Å². The molecule has 1 aromatic heterocycles. The lowest BCUT2D eigenvalue weighted by atomic mass is 10.2. The second-order valence-corrected chi connectivity index (χ2v) is 3.89. The Hall–Kier alpha value is -0.970. The maximum Gasteiger partial charge on any atom is 0.283 e. The summed E-state index contributed by atoms with van der Waals surface area (Å²) in [7, 11) is 0. The van der Waals surface area contributed by atoms with Crippen LogP contribution in [0.1, 0.15) is 26.0 Å². The van der Waals surface area contributed by atoms with Crippen LogP contribution in [0.4, 0.5) is 14.6 Å². The predicted molar refractivity (Wildman–Crippen MR) is 55.4 cm³/mol. The highest BCUT2D eigenvalue weighted by Crippen LogP contribution is 2.23. The first-order chi connectivity index (χ1) is 7.02. The highest BCUT2D eigenvalue weighted by atomic mass is 35.5. The summed E-state index contributed by atoms with van der Waals surface area (Å²) in [6.07, 6.45) is -0.0413. The van der Waals surface area contributed by atoms with Gasteiger partial charge in [0.2, 0.25) is 0 Å². The van der Waals surface area contributed by atoms with Crippen LogP contribution in [-0.4, -0.2) is 21.4 Å². The van der Waals surface area contributed by atoms with Crippen molar-refractivity contribution in [2.24, 2.45) is 0 Å². The normalized spacial score (nSPS) is 15.1. The SMILES string of the molecule is CC(Cl)C(C)Nc1nccnc1C(F)F. The molecule has 1 rings (SSSR count). The summed E-state index contributed by atoms with van der Waals surface area (Å²) in [5.74, 6) is 0.0903. The predicted octanol–water partition coefficient (Wildman–Crippen LogP) is 2.84. The van der Waals surface area contributed by atoms with Crippen LogP contribution in [0.25, 0.3) is 0 Å². The third-order valence-corrected chi connectivity index (χ3v) is 2.36. The fraction of sp³-hybridized carbons (Fsp3) is 0.556. The minimum Gasteiger partial charge on any atom is -0.364 e. The average molecular weight is 236 g/mol. The Bertz CT molecular complexity index is 320. The van der Waals surface area contributed by atoms with Gasteiger partial charge in [-0.25, -0.2) is 18.7 Å². The van der Waals surface area contributed by atoms with Crippen molar-refractivity contribution in [3.63, 3.8) is 0 Å². The molecule has 1 N–H and O–H groups in total. The lowest BCUT2D eigenvalue weighted by Gasteiger charge is -2.17. The van der Waals surface area contributed by atoms with Gasteiger partial charge in [0.15, 0.2) is 5.82 Å². The van der Waals surface area contributed by atoms with Gasteiger partial charge in [-0.1, -0.05) is 0 Å². The monoisotopic (exact) mass is 235 g/mol. The van der Waals surface area contributed by atoms with Crippen LogP contribution >= 0.6 is 11.6 Å². The fourth-order valence-corrected chi connectivity index (χ4v) is 1.01. The maximum atomic E-state index is 12.5. The van der Waals surface area contributed by atoms with Crippen molar-refractivity contribution in [2.75, 3.05) is 5.32 Å². The Morgan fingerprint density at radius 3 is 2.40 bits per heavy atom. The Morgan fingerprint density at radius 2 is 1.87 bits per heavy atom. The summed E-state index contributed by atoms with van der Waals surface area (Å²) in [4.78, 5) is 7.38. The molecule has 0 fully saturated rings. The van der Waals surface area contributed by atoms with Crippen molar-refractivity contribution in [3.8, 4) is 0 Å². The van der Waals surface area contributed by atoms with Gasteiger partial charge in [0, 0.05) is 18.4 Å². The van der Waals surface area contributed by atoms with Gasteiger partial charge in [-0.05, 0) is 13.8 Å². The molecule has 3 nitrogen and oxygen atoms in total. The third kappa shape index (κ3) is 3.27. The summed E-state index contributed by atoms with van der Waals surface area (Å²) in [6.45, 7) is 3.57. The third-order valence-electron chi connectivity index (χ3n) is 1.99. The Labute approximate surface area is 91.9 Å². The number of hydrogen-bond donors (Lipinski definition) is 1. The first kappa shape index (κ1) is 12.1. The first-order valence-corrected chi connectivity index (χ1v) is 4.95. The summed E-state index contributed by atoms with van der Waals surface area (Å²) in [5.41, 5.74) is -0.346. The van der Waals surface area contributed by atoms with Crippen LogP contribution in [0.2, 0.25) is 0 Å². The second kappa shape index (κ2) is 5.21. The molecule has 0 saturated heterocycles. The van der Waals surface area contributed by atoms with E-state index in [9.17, 15) is 8.78 Å². The van der Waals surface area contributed by atoms with Crippen LogP contribution in [0.3, 0.4) is 0 Å². The Morgan fingerprint density at radius 1 is 1.27 bits per heavy atom. The van der Waals surface area contributed by atoms with Gasteiger partial charge in [0.25, 0.3) is 6.43 Å². The standard InChI is InChI=1S/C9H12ClF2N3/c1-5(10)6(2)15-9-7(8(11)12)13-3-4-14-9/h3-6,8H,1-2H3,(H,14,15). The molecule has 0 aliphatic heterocycles. The van der Waals surface area contributed by atoms with E-state index in [1.165, 1.54) is 12.4 Å². The molecule has 6 heteroatoms. The van der Waals surface area contributed by atoms with Gasteiger partial charge < -0.3 is 5.32 Å². The minimum atomic E-state index is -2.64. The van der Waals surface area contributed by atoms with E-state index < -0.39 is 6.43 Å². The molecule has 0 amide bonds. The lowest BCUT2D eigenvalue weighted by Crippen LogP contribution is -2.25. The highest BCUT2D eigenvalue weighted by Gasteiger charge is 2.18. The van der Waals surface area contributed by atoms with Gasteiger partial charge in [-0.15, -0.1) is 11.6 Å². The number of nitrogens with zero attached hydrogens (tertiary/aromatic N) is 2. The quantitative estimate of drug-likeness (QED) is 0.816. The number of alkyl halides is 3. The van der Waals surface area contributed by atoms with Crippen molar-refractivity contribution in [1.29, 1.82) is 0 Å². The fourth-order valence-electron chi connectivity index (χ4n) is 0.950. The number of rotatable bonds is 4.